The fourth-order valence-corrected chi connectivity index (χ4v) is 3.11. The smallest absolute Gasteiger partial charge is 0.311 e. The van der Waals surface area contributed by atoms with Gasteiger partial charge in [0.15, 0.2) is 0 Å². The first-order valence-electron chi connectivity index (χ1n) is 11.1. The van der Waals surface area contributed by atoms with Crippen molar-refractivity contribution < 1.29 is 14.3 Å². The van der Waals surface area contributed by atoms with Crippen LogP contribution >= 0.6 is 0 Å². The Hall–Kier alpha value is -2.69. The summed E-state index contributed by atoms with van der Waals surface area (Å²) in [7, 11) is 1.63. The lowest BCUT2D eigenvalue weighted by Crippen LogP contribution is -2.07. The Morgan fingerprint density at radius 2 is 1.17 bits per heavy atom. The number of carbonyl (C=O) groups excluding carboxylic acids is 1. The number of hydrogen-bond donors (Lipinski definition) is 0. The molecule has 2 aromatic rings. The lowest BCUT2D eigenvalue weighted by Gasteiger charge is -2.05. The zero-order valence-corrected chi connectivity index (χ0v) is 18.3. The van der Waals surface area contributed by atoms with Gasteiger partial charge in [0.05, 0.1) is 18.5 Å². The zero-order chi connectivity index (χ0) is 21.4. The number of methoxy groups -OCH3 is 1. The molecule has 0 aromatic heterocycles. The van der Waals surface area contributed by atoms with Gasteiger partial charge < -0.3 is 9.47 Å². The predicted octanol–water partition coefficient (Wildman–Crippen LogP) is 7.94. The second kappa shape index (κ2) is 14.3. The van der Waals surface area contributed by atoms with Crippen LogP contribution in [0.5, 0.6) is 11.5 Å². The van der Waals surface area contributed by atoms with Crippen molar-refractivity contribution in [3.05, 3.63) is 48.5 Å². The summed E-state index contributed by atoms with van der Waals surface area (Å²) in [5.74, 6) is 1.15. The van der Waals surface area contributed by atoms with Crippen molar-refractivity contribution in [1.29, 1.82) is 0 Å². The summed E-state index contributed by atoms with van der Waals surface area (Å²) < 4.78 is 10.5. The lowest BCUT2D eigenvalue weighted by atomic mass is 10.1. The van der Waals surface area contributed by atoms with Crippen molar-refractivity contribution in [3.63, 3.8) is 0 Å². The van der Waals surface area contributed by atoms with Crippen LogP contribution in [0.4, 0.5) is 11.4 Å². The van der Waals surface area contributed by atoms with Crippen molar-refractivity contribution in [1.82, 2.24) is 0 Å². The molecule has 162 valence electrons. The van der Waals surface area contributed by atoms with E-state index in [1.54, 1.807) is 31.4 Å². The summed E-state index contributed by atoms with van der Waals surface area (Å²) in [6, 6.07) is 14.4. The van der Waals surface area contributed by atoms with Crippen LogP contribution in [0.2, 0.25) is 0 Å². The minimum absolute atomic E-state index is 0.175. The Kier molecular flexibility index (Phi) is 11.3. The molecular formula is C25H34N2O3. The monoisotopic (exact) mass is 410 g/mol. The first-order chi connectivity index (χ1) is 14.7. The number of hydrogen-bond acceptors (Lipinski definition) is 5. The van der Waals surface area contributed by atoms with Crippen LogP contribution in [-0.4, -0.2) is 13.1 Å². The number of azo groups is 1. The van der Waals surface area contributed by atoms with Gasteiger partial charge in [-0.1, -0.05) is 58.3 Å². The molecule has 2 rings (SSSR count). The van der Waals surface area contributed by atoms with Crippen LogP contribution in [-0.2, 0) is 4.79 Å². The van der Waals surface area contributed by atoms with Crippen molar-refractivity contribution in [3.8, 4) is 11.5 Å². The zero-order valence-electron chi connectivity index (χ0n) is 18.3. The van der Waals surface area contributed by atoms with Crippen molar-refractivity contribution in [2.45, 2.75) is 71.1 Å². The topological polar surface area (TPSA) is 60.2 Å². The quantitative estimate of drug-likeness (QED) is 0.137. The summed E-state index contributed by atoms with van der Waals surface area (Å²) in [4.78, 5) is 12.0. The molecule has 0 N–H and O–H groups in total. The molecule has 30 heavy (non-hydrogen) atoms. The van der Waals surface area contributed by atoms with E-state index in [2.05, 4.69) is 17.2 Å². The lowest BCUT2D eigenvalue weighted by molar-refractivity contribution is -0.134. The maximum absolute atomic E-state index is 12.0. The summed E-state index contributed by atoms with van der Waals surface area (Å²) in [5.41, 5.74) is 1.44. The van der Waals surface area contributed by atoms with E-state index in [0.717, 1.165) is 24.3 Å². The molecular weight excluding hydrogens is 376 g/mol. The number of ether oxygens (including phenoxy) is 2. The van der Waals surface area contributed by atoms with Crippen molar-refractivity contribution in [2.75, 3.05) is 7.11 Å². The number of esters is 1. The highest BCUT2D eigenvalue weighted by atomic mass is 16.5. The molecule has 0 atom stereocenters. The fourth-order valence-electron chi connectivity index (χ4n) is 3.11. The van der Waals surface area contributed by atoms with Gasteiger partial charge in [0.2, 0.25) is 0 Å². The fraction of sp³-hybridized carbons (Fsp3) is 0.480. The molecule has 0 heterocycles. The van der Waals surface area contributed by atoms with E-state index < -0.39 is 0 Å². The van der Waals surface area contributed by atoms with Gasteiger partial charge >= 0.3 is 5.97 Å². The van der Waals surface area contributed by atoms with E-state index in [-0.39, 0.29) is 5.97 Å². The standard InChI is InChI=1S/C25H34N2O3/c1-3-4-5-6-7-8-9-10-11-12-25(28)30-24-19-15-22(16-20-24)27-26-21-13-17-23(29-2)18-14-21/h13-20H,3-12H2,1-2H3. The first-order valence-corrected chi connectivity index (χ1v) is 11.1. The normalized spacial score (nSPS) is 11.0. The van der Waals surface area contributed by atoms with Gasteiger partial charge in [-0.3, -0.25) is 4.79 Å². The van der Waals surface area contributed by atoms with Crippen LogP contribution in [0, 0.1) is 0 Å². The van der Waals surface area contributed by atoms with Crippen molar-refractivity contribution >= 4 is 17.3 Å². The Balaban J connectivity index is 1.63. The summed E-state index contributed by atoms with van der Waals surface area (Å²) >= 11 is 0. The third-order valence-corrected chi connectivity index (χ3v) is 4.91. The molecule has 2 aromatic carbocycles. The largest absolute Gasteiger partial charge is 0.497 e. The second-order valence-corrected chi connectivity index (χ2v) is 7.44. The molecule has 0 aliphatic heterocycles. The van der Waals surface area contributed by atoms with E-state index >= 15 is 0 Å². The average molecular weight is 411 g/mol. The molecule has 0 bridgehead atoms. The minimum Gasteiger partial charge on any atom is -0.497 e. The molecule has 0 amide bonds. The van der Waals surface area contributed by atoms with Gasteiger partial charge in [-0.05, 0) is 55.0 Å². The maximum atomic E-state index is 12.0. The Labute approximate surface area is 180 Å². The molecule has 0 aliphatic carbocycles. The predicted molar refractivity (Wildman–Crippen MR) is 121 cm³/mol. The van der Waals surface area contributed by atoms with Gasteiger partial charge in [0.25, 0.3) is 0 Å². The van der Waals surface area contributed by atoms with Crippen LogP contribution in [0.3, 0.4) is 0 Å². The van der Waals surface area contributed by atoms with E-state index in [1.165, 1.54) is 44.9 Å². The van der Waals surface area contributed by atoms with E-state index in [9.17, 15) is 4.79 Å². The highest BCUT2D eigenvalue weighted by molar-refractivity contribution is 5.72. The van der Waals surface area contributed by atoms with Crippen LogP contribution in [0.15, 0.2) is 58.8 Å². The molecule has 0 aliphatic rings. The minimum atomic E-state index is -0.175. The van der Waals surface area contributed by atoms with Gasteiger partial charge in [-0.25, -0.2) is 0 Å². The number of unbranched alkanes of at least 4 members (excludes halogenated alkanes) is 8. The SMILES string of the molecule is CCCCCCCCCCCC(=O)Oc1ccc(N=Nc2ccc(OC)cc2)cc1. The van der Waals surface area contributed by atoms with E-state index in [4.69, 9.17) is 9.47 Å². The summed E-state index contributed by atoms with van der Waals surface area (Å²) in [6.07, 6.45) is 11.6. The third-order valence-electron chi connectivity index (χ3n) is 4.91. The van der Waals surface area contributed by atoms with Crippen LogP contribution in [0.25, 0.3) is 0 Å². The van der Waals surface area contributed by atoms with Gasteiger partial charge in [0, 0.05) is 6.42 Å². The summed E-state index contributed by atoms with van der Waals surface area (Å²) in [6.45, 7) is 2.24. The molecule has 0 saturated carbocycles. The number of nitrogens with zero attached hydrogens (tertiary/aromatic N) is 2. The highest BCUT2D eigenvalue weighted by Crippen LogP contribution is 2.23. The van der Waals surface area contributed by atoms with Gasteiger partial charge in [-0.15, -0.1) is 0 Å². The third kappa shape index (κ3) is 9.68. The maximum Gasteiger partial charge on any atom is 0.311 e. The van der Waals surface area contributed by atoms with Gasteiger partial charge in [0.1, 0.15) is 11.5 Å². The number of benzene rings is 2. The van der Waals surface area contributed by atoms with Crippen LogP contribution in [0.1, 0.15) is 71.1 Å². The molecule has 5 heteroatoms. The van der Waals surface area contributed by atoms with E-state index in [1.807, 2.05) is 24.3 Å². The molecule has 0 saturated heterocycles. The highest BCUT2D eigenvalue weighted by Gasteiger charge is 2.05. The Bertz CT molecular complexity index is 755. The molecule has 0 spiro atoms. The first kappa shape index (κ1) is 23.6. The molecule has 0 radical (unpaired) electrons. The number of carbonyl (C=O) groups is 1. The Morgan fingerprint density at radius 3 is 1.67 bits per heavy atom. The molecule has 0 fully saturated rings. The molecule has 5 nitrogen and oxygen atoms in total. The molecule has 0 unspecified atom stereocenters. The second-order valence-electron chi connectivity index (χ2n) is 7.44. The Morgan fingerprint density at radius 1 is 0.700 bits per heavy atom. The van der Waals surface area contributed by atoms with E-state index in [0.29, 0.717) is 17.9 Å². The van der Waals surface area contributed by atoms with Crippen LogP contribution < -0.4 is 9.47 Å². The number of rotatable bonds is 14. The average Bonchev–Trinajstić information content (AvgIpc) is 2.78. The van der Waals surface area contributed by atoms with Crippen molar-refractivity contribution in [2.24, 2.45) is 10.2 Å². The summed E-state index contributed by atoms with van der Waals surface area (Å²) in [5, 5.41) is 8.39. The van der Waals surface area contributed by atoms with Gasteiger partial charge in [-0.2, -0.15) is 10.2 Å².